The molecule has 0 saturated carbocycles. The molecule has 0 atom stereocenters. The Morgan fingerprint density at radius 2 is 0.559 bits per heavy atom. The van der Waals surface area contributed by atoms with Crippen LogP contribution in [0, 0.1) is 0 Å². The Kier molecular flexibility index (Phi) is 10.6. The van der Waals surface area contributed by atoms with Crippen LogP contribution in [0.15, 0.2) is 273 Å². The fraction of sp³-hybridized carbons (Fsp3) is 0. The van der Waals surface area contributed by atoms with E-state index < -0.39 is 0 Å². The molecular formula is C67H45N. The van der Waals surface area contributed by atoms with Gasteiger partial charge in [-0.05, 0) is 141 Å². The van der Waals surface area contributed by atoms with Crippen molar-refractivity contribution in [3.63, 3.8) is 0 Å². The van der Waals surface area contributed by atoms with Gasteiger partial charge in [-0.15, -0.1) is 0 Å². The minimum absolute atomic E-state index is 0.969. The van der Waals surface area contributed by atoms with Crippen LogP contribution in [0.1, 0.15) is 0 Å². The summed E-state index contributed by atoms with van der Waals surface area (Å²) in [5.41, 5.74) is 21.2. The van der Waals surface area contributed by atoms with Crippen molar-refractivity contribution in [2.45, 2.75) is 0 Å². The second-order valence-corrected chi connectivity index (χ2v) is 17.4. The lowest BCUT2D eigenvalue weighted by atomic mass is 9.78. The maximum atomic E-state index is 4.67. The van der Waals surface area contributed by atoms with Crippen molar-refractivity contribution in [1.29, 1.82) is 0 Å². The molecule has 0 bridgehead atoms. The highest BCUT2D eigenvalue weighted by Crippen LogP contribution is 2.51. The summed E-state index contributed by atoms with van der Waals surface area (Å²) >= 11 is 0. The van der Waals surface area contributed by atoms with Crippen molar-refractivity contribution >= 4 is 21.5 Å². The van der Waals surface area contributed by atoms with Gasteiger partial charge in [-0.25, -0.2) is 0 Å². The molecule has 0 N–H and O–H groups in total. The molecule has 68 heavy (non-hydrogen) atoms. The topological polar surface area (TPSA) is 12.9 Å². The Morgan fingerprint density at radius 1 is 0.191 bits per heavy atom. The zero-order valence-corrected chi connectivity index (χ0v) is 37.4. The summed E-state index contributed by atoms with van der Waals surface area (Å²) in [6.45, 7) is 0. The van der Waals surface area contributed by atoms with E-state index in [1.165, 1.54) is 111 Å². The maximum Gasteiger partial charge on any atom is 0.0702 e. The van der Waals surface area contributed by atoms with Gasteiger partial charge in [0.15, 0.2) is 0 Å². The van der Waals surface area contributed by atoms with Crippen LogP contribution >= 0.6 is 0 Å². The van der Waals surface area contributed by atoms with Gasteiger partial charge < -0.3 is 0 Å². The molecule has 12 aromatic rings. The molecular weight excluding hydrogens is 819 g/mol. The summed E-state index contributed by atoms with van der Waals surface area (Å²) in [7, 11) is 0. The van der Waals surface area contributed by atoms with Crippen LogP contribution in [0.25, 0.3) is 122 Å². The molecule has 1 heterocycles. The average molecular weight is 864 g/mol. The summed E-state index contributed by atoms with van der Waals surface area (Å²) in [5.74, 6) is 0. The number of rotatable bonds is 9. The van der Waals surface area contributed by atoms with Gasteiger partial charge in [-0.3, -0.25) is 4.98 Å². The molecule has 0 aliphatic carbocycles. The first kappa shape index (κ1) is 40.6. The fourth-order valence-electron chi connectivity index (χ4n) is 10.3. The Morgan fingerprint density at radius 3 is 1.09 bits per heavy atom. The second kappa shape index (κ2) is 17.8. The van der Waals surface area contributed by atoms with Crippen LogP contribution in [0.4, 0.5) is 0 Å². The number of benzene rings is 11. The minimum atomic E-state index is 0.969. The van der Waals surface area contributed by atoms with Gasteiger partial charge in [0.2, 0.25) is 0 Å². The maximum absolute atomic E-state index is 4.67. The van der Waals surface area contributed by atoms with Gasteiger partial charge in [-0.2, -0.15) is 0 Å². The Labute approximate surface area is 398 Å². The lowest BCUT2D eigenvalue weighted by molar-refractivity contribution is 1.33. The second-order valence-electron chi connectivity index (χ2n) is 17.4. The van der Waals surface area contributed by atoms with E-state index in [4.69, 9.17) is 0 Å². The van der Waals surface area contributed by atoms with E-state index in [1.54, 1.807) is 0 Å². The van der Waals surface area contributed by atoms with Crippen LogP contribution in [0.2, 0.25) is 0 Å². The van der Waals surface area contributed by atoms with Gasteiger partial charge in [0.25, 0.3) is 0 Å². The van der Waals surface area contributed by atoms with Gasteiger partial charge in [0.05, 0.1) is 5.69 Å². The molecule has 0 aliphatic heterocycles. The predicted octanol–water partition coefficient (Wildman–Crippen LogP) is 18.4. The highest BCUT2D eigenvalue weighted by Gasteiger charge is 2.24. The van der Waals surface area contributed by atoms with Gasteiger partial charge in [0.1, 0.15) is 0 Å². The first-order chi connectivity index (χ1) is 33.8. The van der Waals surface area contributed by atoms with E-state index in [9.17, 15) is 0 Å². The van der Waals surface area contributed by atoms with E-state index in [1.807, 2.05) is 18.3 Å². The SMILES string of the molecule is c1ccc(-c2cc(-c3cccc(-c4ccc(-c5c6ccccc6c(-c6cccc(-c7ccccn7)c6)c6ccccc56)cc4)c3)c(-c3ccccc3)c(-c3ccccc3)c2-c2ccccc2)cc1. The van der Waals surface area contributed by atoms with Gasteiger partial charge in [0, 0.05) is 11.8 Å². The van der Waals surface area contributed by atoms with Crippen LogP contribution in [0.5, 0.6) is 0 Å². The normalized spacial score (nSPS) is 11.2. The standard InChI is InChI=1S/C67H45N/c1-5-21-47(22-6-1)60-45-61(66(49-25-9-3-10-26-49)67(50-27-11-4-12-28-50)65(60)48-23-7-2-8-24-48)53-30-19-29-52(43-53)46-38-40-51(41-39-46)63-56-33-13-15-35-58(56)64(59-36-16-14-34-57(59)63)55-32-20-31-54(44-55)62-37-17-18-42-68-62/h1-45H. The van der Waals surface area contributed by atoms with Crippen molar-refractivity contribution in [2.24, 2.45) is 0 Å². The molecule has 1 aromatic heterocycles. The zero-order valence-electron chi connectivity index (χ0n) is 37.4. The summed E-state index contributed by atoms with van der Waals surface area (Å²) < 4.78 is 0. The van der Waals surface area contributed by atoms with E-state index >= 15 is 0 Å². The first-order valence-electron chi connectivity index (χ1n) is 23.4. The Hall–Kier alpha value is -8.91. The number of fused-ring (bicyclic) bond motifs is 2. The Balaban J connectivity index is 1.02. The first-order valence-corrected chi connectivity index (χ1v) is 23.4. The van der Waals surface area contributed by atoms with Crippen LogP contribution in [0.3, 0.4) is 0 Å². The highest BCUT2D eigenvalue weighted by atomic mass is 14.7. The Bertz CT molecular complexity index is 3670. The molecule has 12 rings (SSSR count). The van der Waals surface area contributed by atoms with Crippen molar-refractivity contribution in [3.8, 4) is 100 Å². The molecule has 0 radical (unpaired) electrons. The van der Waals surface area contributed by atoms with Crippen LogP contribution in [-0.4, -0.2) is 4.98 Å². The lowest BCUT2D eigenvalue weighted by Gasteiger charge is -2.24. The molecule has 0 aliphatic rings. The largest absolute Gasteiger partial charge is 0.256 e. The molecule has 0 unspecified atom stereocenters. The van der Waals surface area contributed by atoms with E-state index in [2.05, 4.69) is 260 Å². The summed E-state index contributed by atoms with van der Waals surface area (Å²) in [4.78, 5) is 4.67. The van der Waals surface area contributed by atoms with Crippen LogP contribution in [-0.2, 0) is 0 Å². The van der Waals surface area contributed by atoms with Crippen molar-refractivity contribution in [2.75, 3.05) is 0 Å². The smallest absolute Gasteiger partial charge is 0.0702 e. The molecule has 318 valence electrons. The zero-order chi connectivity index (χ0) is 45.2. The average Bonchev–Trinajstić information content (AvgIpc) is 3.43. The predicted molar refractivity (Wildman–Crippen MR) is 288 cm³/mol. The third-order valence-electron chi connectivity index (χ3n) is 13.3. The van der Waals surface area contributed by atoms with Crippen LogP contribution < -0.4 is 0 Å². The summed E-state index contributed by atoms with van der Waals surface area (Å²) in [6.07, 6.45) is 1.86. The van der Waals surface area contributed by atoms with Gasteiger partial charge in [-0.1, -0.05) is 237 Å². The number of hydrogen-bond donors (Lipinski definition) is 0. The van der Waals surface area contributed by atoms with Crippen molar-refractivity contribution < 1.29 is 0 Å². The molecule has 11 aromatic carbocycles. The van der Waals surface area contributed by atoms with Gasteiger partial charge >= 0.3 is 0 Å². The molecule has 1 nitrogen and oxygen atoms in total. The summed E-state index contributed by atoms with van der Waals surface area (Å²) in [5, 5.41) is 4.92. The molecule has 1 heteroatoms. The molecule has 0 fully saturated rings. The van der Waals surface area contributed by atoms with Crippen molar-refractivity contribution in [3.05, 3.63) is 273 Å². The third-order valence-corrected chi connectivity index (χ3v) is 13.3. The number of pyridine rings is 1. The fourth-order valence-corrected chi connectivity index (χ4v) is 10.3. The molecule has 0 spiro atoms. The number of aromatic nitrogens is 1. The van der Waals surface area contributed by atoms with Crippen molar-refractivity contribution in [1.82, 2.24) is 4.98 Å². The minimum Gasteiger partial charge on any atom is -0.256 e. The quantitative estimate of drug-likeness (QED) is 0.132. The number of hydrogen-bond acceptors (Lipinski definition) is 1. The molecule has 0 amide bonds. The monoisotopic (exact) mass is 863 g/mol. The van der Waals surface area contributed by atoms with E-state index in [0.717, 1.165) is 11.3 Å². The third kappa shape index (κ3) is 7.47. The highest BCUT2D eigenvalue weighted by molar-refractivity contribution is 6.21. The molecule has 0 saturated heterocycles. The van der Waals surface area contributed by atoms with E-state index in [-0.39, 0.29) is 0 Å². The summed E-state index contributed by atoms with van der Waals surface area (Å²) in [6, 6.07) is 97.0. The lowest BCUT2D eigenvalue weighted by Crippen LogP contribution is -1.98. The number of nitrogens with zero attached hydrogens (tertiary/aromatic N) is 1. The van der Waals surface area contributed by atoms with E-state index in [0.29, 0.717) is 0 Å².